The van der Waals surface area contributed by atoms with Gasteiger partial charge in [0.1, 0.15) is 11.6 Å². The lowest BCUT2D eigenvalue weighted by molar-refractivity contribution is -0.132. The molecule has 0 aliphatic carbocycles. The van der Waals surface area contributed by atoms with Crippen LogP contribution in [0.5, 0.6) is 0 Å². The van der Waals surface area contributed by atoms with E-state index in [9.17, 15) is 14.4 Å². The van der Waals surface area contributed by atoms with Crippen LogP contribution in [-0.4, -0.2) is 54.6 Å². The Labute approximate surface area is 120 Å². The summed E-state index contributed by atoms with van der Waals surface area (Å²) in [6, 6.07) is -0.774. The van der Waals surface area contributed by atoms with Crippen molar-refractivity contribution in [2.75, 3.05) is 20.1 Å². The normalized spacial score (nSPS) is 12.3. The minimum atomic E-state index is -0.774. The van der Waals surface area contributed by atoms with E-state index >= 15 is 0 Å². The zero-order valence-corrected chi connectivity index (χ0v) is 13.1. The second-order valence-electron chi connectivity index (χ2n) is 5.49. The van der Waals surface area contributed by atoms with Gasteiger partial charge in [-0.3, -0.25) is 9.59 Å². The highest BCUT2D eigenvalue weighted by molar-refractivity contribution is 5.89. The average Bonchev–Trinajstić information content (AvgIpc) is 2.31. The number of rotatable bonds is 5. The predicted molar refractivity (Wildman–Crippen MR) is 75.2 cm³/mol. The van der Waals surface area contributed by atoms with Crippen LogP contribution in [0.3, 0.4) is 0 Å². The van der Waals surface area contributed by atoms with Crippen LogP contribution >= 0.6 is 0 Å². The van der Waals surface area contributed by atoms with Crippen molar-refractivity contribution < 1.29 is 19.1 Å². The fourth-order valence-electron chi connectivity index (χ4n) is 1.18. The first-order chi connectivity index (χ1) is 9.06. The van der Waals surface area contributed by atoms with E-state index in [1.165, 1.54) is 11.8 Å². The summed E-state index contributed by atoms with van der Waals surface area (Å²) in [5.74, 6) is -0.626. The van der Waals surface area contributed by atoms with Gasteiger partial charge in [0.05, 0.1) is 6.54 Å². The van der Waals surface area contributed by atoms with Gasteiger partial charge in [-0.05, 0) is 34.6 Å². The van der Waals surface area contributed by atoms with E-state index in [1.54, 1.807) is 27.8 Å². The van der Waals surface area contributed by atoms with Crippen LogP contribution in [0, 0.1) is 0 Å². The summed E-state index contributed by atoms with van der Waals surface area (Å²) in [7, 11) is 1.65. The first-order valence-electron chi connectivity index (χ1n) is 6.58. The van der Waals surface area contributed by atoms with Crippen LogP contribution in [0.1, 0.15) is 34.6 Å². The molecule has 3 amide bonds. The average molecular weight is 287 g/mol. The van der Waals surface area contributed by atoms with Gasteiger partial charge >= 0.3 is 6.09 Å². The molecule has 20 heavy (non-hydrogen) atoms. The van der Waals surface area contributed by atoms with E-state index in [-0.39, 0.29) is 12.5 Å². The lowest BCUT2D eigenvalue weighted by Gasteiger charge is -2.22. The van der Waals surface area contributed by atoms with E-state index in [2.05, 4.69) is 10.6 Å². The number of carbonyl (C=O) groups is 3. The topological polar surface area (TPSA) is 87.7 Å². The molecule has 0 aliphatic rings. The van der Waals surface area contributed by atoms with Crippen molar-refractivity contribution in [1.82, 2.24) is 15.5 Å². The van der Waals surface area contributed by atoms with Gasteiger partial charge in [-0.2, -0.15) is 0 Å². The highest BCUT2D eigenvalue weighted by Crippen LogP contribution is 2.06. The summed E-state index contributed by atoms with van der Waals surface area (Å²) in [6.07, 6.45) is -0.669. The summed E-state index contributed by atoms with van der Waals surface area (Å²) in [5, 5.41) is 4.87. The number of hydrogen-bond acceptors (Lipinski definition) is 4. The Morgan fingerprint density at radius 2 is 1.80 bits per heavy atom. The fourth-order valence-corrected chi connectivity index (χ4v) is 1.18. The molecule has 1 atom stereocenters. The van der Waals surface area contributed by atoms with Crippen molar-refractivity contribution in [1.29, 1.82) is 0 Å². The van der Waals surface area contributed by atoms with Crippen molar-refractivity contribution in [3.05, 3.63) is 0 Å². The Morgan fingerprint density at radius 3 is 2.25 bits per heavy atom. The molecule has 0 heterocycles. The molecule has 0 spiro atoms. The Kier molecular flexibility index (Phi) is 7.02. The molecule has 7 heteroatoms. The predicted octanol–water partition coefficient (Wildman–Crippen LogP) is 0.494. The van der Waals surface area contributed by atoms with Crippen molar-refractivity contribution in [2.24, 2.45) is 0 Å². The van der Waals surface area contributed by atoms with Crippen LogP contribution in [0.2, 0.25) is 0 Å². The van der Waals surface area contributed by atoms with Gasteiger partial charge in [0.25, 0.3) is 0 Å². The van der Waals surface area contributed by atoms with Crippen LogP contribution in [-0.2, 0) is 14.3 Å². The minimum Gasteiger partial charge on any atom is -0.444 e. The summed E-state index contributed by atoms with van der Waals surface area (Å²) >= 11 is 0. The molecule has 0 bridgehead atoms. The van der Waals surface area contributed by atoms with Crippen molar-refractivity contribution in [2.45, 2.75) is 46.3 Å². The Bertz CT molecular complexity index is 363. The van der Waals surface area contributed by atoms with E-state index in [0.29, 0.717) is 6.54 Å². The Balaban J connectivity index is 4.16. The molecular weight excluding hydrogens is 262 g/mol. The number of carbonyl (C=O) groups excluding carboxylic acids is 3. The zero-order valence-electron chi connectivity index (χ0n) is 13.1. The smallest absolute Gasteiger partial charge is 0.408 e. The third kappa shape index (κ3) is 7.60. The van der Waals surface area contributed by atoms with E-state index in [0.717, 1.165) is 0 Å². The van der Waals surface area contributed by atoms with Gasteiger partial charge in [-0.25, -0.2) is 4.79 Å². The van der Waals surface area contributed by atoms with Crippen LogP contribution < -0.4 is 10.6 Å². The zero-order chi connectivity index (χ0) is 15.9. The molecule has 116 valence electrons. The summed E-state index contributed by atoms with van der Waals surface area (Å²) in [5.41, 5.74) is -0.625. The number of likely N-dealkylation sites (N-methyl/N-ethyl adjacent to an activating group) is 1. The van der Waals surface area contributed by atoms with Crippen LogP contribution in [0.4, 0.5) is 4.79 Å². The molecule has 0 fully saturated rings. The number of nitrogens with zero attached hydrogens (tertiary/aromatic N) is 1. The number of alkyl carbamates (subject to hydrolysis) is 1. The SMILES string of the molecule is CCN(C)C(=O)CNC(=O)[C@H](C)NC(=O)OC(C)(C)C. The summed E-state index contributed by atoms with van der Waals surface area (Å²) in [4.78, 5) is 36.2. The first-order valence-corrected chi connectivity index (χ1v) is 6.58. The largest absolute Gasteiger partial charge is 0.444 e. The molecule has 0 aromatic carbocycles. The van der Waals surface area contributed by atoms with Gasteiger partial charge in [0.2, 0.25) is 11.8 Å². The van der Waals surface area contributed by atoms with Crippen molar-refractivity contribution >= 4 is 17.9 Å². The molecule has 0 aromatic heterocycles. The Hall–Kier alpha value is -1.79. The monoisotopic (exact) mass is 287 g/mol. The van der Waals surface area contributed by atoms with Crippen molar-refractivity contribution in [3.63, 3.8) is 0 Å². The molecule has 0 aliphatic heterocycles. The molecule has 0 unspecified atom stereocenters. The number of ether oxygens (including phenoxy) is 1. The Morgan fingerprint density at radius 1 is 1.25 bits per heavy atom. The molecule has 2 N–H and O–H groups in total. The van der Waals surface area contributed by atoms with Gasteiger partial charge < -0.3 is 20.3 Å². The highest BCUT2D eigenvalue weighted by atomic mass is 16.6. The molecule has 0 saturated carbocycles. The van der Waals surface area contributed by atoms with Crippen molar-refractivity contribution in [3.8, 4) is 0 Å². The maximum absolute atomic E-state index is 11.7. The summed E-state index contributed by atoms with van der Waals surface area (Å²) < 4.78 is 5.03. The van der Waals surface area contributed by atoms with E-state index < -0.39 is 23.6 Å². The quantitative estimate of drug-likeness (QED) is 0.770. The van der Waals surface area contributed by atoms with Crippen LogP contribution in [0.25, 0.3) is 0 Å². The molecule has 0 rings (SSSR count). The second kappa shape index (κ2) is 7.72. The number of amides is 3. The first kappa shape index (κ1) is 18.2. The second-order valence-corrected chi connectivity index (χ2v) is 5.49. The lowest BCUT2D eigenvalue weighted by atomic mass is 10.2. The maximum Gasteiger partial charge on any atom is 0.408 e. The van der Waals surface area contributed by atoms with Gasteiger partial charge in [0, 0.05) is 13.6 Å². The molecule has 7 nitrogen and oxygen atoms in total. The van der Waals surface area contributed by atoms with E-state index in [1.807, 2.05) is 6.92 Å². The standard InChI is InChI=1S/C13H25N3O4/c1-7-16(6)10(17)8-14-11(18)9(2)15-12(19)20-13(3,4)5/h9H,7-8H2,1-6H3,(H,14,18)(H,15,19)/t9-/m0/s1. The molecular formula is C13H25N3O4. The summed E-state index contributed by atoms with van der Waals surface area (Å²) in [6.45, 7) is 9.04. The maximum atomic E-state index is 11.7. The van der Waals surface area contributed by atoms with Gasteiger partial charge in [0.15, 0.2) is 0 Å². The van der Waals surface area contributed by atoms with Gasteiger partial charge in [-0.15, -0.1) is 0 Å². The van der Waals surface area contributed by atoms with E-state index in [4.69, 9.17) is 4.74 Å². The highest BCUT2D eigenvalue weighted by Gasteiger charge is 2.21. The third-order valence-corrected chi connectivity index (χ3v) is 2.44. The number of hydrogen-bond donors (Lipinski definition) is 2. The molecule has 0 aromatic rings. The fraction of sp³-hybridized carbons (Fsp3) is 0.769. The third-order valence-electron chi connectivity index (χ3n) is 2.44. The number of nitrogens with one attached hydrogen (secondary N) is 2. The molecule has 0 radical (unpaired) electrons. The van der Waals surface area contributed by atoms with Crippen LogP contribution in [0.15, 0.2) is 0 Å². The minimum absolute atomic E-state index is 0.0937. The van der Waals surface area contributed by atoms with Gasteiger partial charge in [-0.1, -0.05) is 0 Å². The lowest BCUT2D eigenvalue weighted by Crippen LogP contribution is -2.48. The molecule has 0 saturated heterocycles.